The highest BCUT2D eigenvalue weighted by Gasteiger charge is 2.40. The van der Waals surface area contributed by atoms with Crippen LogP contribution in [-0.2, 0) is 14.3 Å². The molecule has 0 atom stereocenters. The molecular weight excluding hydrogens is 282 g/mol. The maximum absolute atomic E-state index is 12.0. The number of carbonyl (C=O) groups is 2. The second-order valence-corrected chi connectivity index (χ2v) is 7.52. The van der Waals surface area contributed by atoms with Crippen LogP contribution in [0.15, 0.2) is 11.8 Å². The molecule has 0 aromatic heterocycles. The molecule has 0 aromatic rings. The van der Waals surface area contributed by atoms with Gasteiger partial charge in [0.05, 0.1) is 7.11 Å². The van der Waals surface area contributed by atoms with E-state index >= 15 is 0 Å². The first kappa shape index (κ1) is 16.8. The van der Waals surface area contributed by atoms with Crippen LogP contribution in [0.4, 0.5) is 4.79 Å². The number of rotatable bonds is 3. The Bertz CT molecular complexity index is 454. The number of methoxy groups -OCH3 is 1. The van der Waals surface area contributed by atoms with Gasteiger partial charge in [0.2, 0.25) is 0 Å². The van der Waals surface area contributed by atoms with E-state index in [1.54, 1.807) is 20.8 Å². The minimum atomic E-state index is -0.620. The summed E-state index contributed by atoms with van der Waals surface area (Å²) in [4.78, 5) is 23.9. The molecule has 5 nitrogen and oxygen atoms in total. The number of amides is 1. The summed E-state index contributed by atoms with van der Waals surface area (Å²) in [7, 11) is 1.32. The van der Waals surface area contributed by atoms with Crippen LogP contribution in [0.3, 0.4) is 0 Å². The molecule has 3 fully saturated rings. The Balaban J connectivity index is 2.13. The molecule has 0 saturated heterocycles. The molecule has 1 amide bonds. The molecule has 3 aliphatic carbocycles. The van der Waals surface area contributed by atoms with E-state index in [4.69, 9.17) is 9.47 Å². The van der Waals surface area contributed by atoms with Gasteiger partial charge in [0, 0.05) is 0 Å². The van der Waals surface area contributed by atoms with Crippen molar-refractivity contribution in [3.05, 3.63) is 11.8 Å². The van der Waals surface area contributed by atoms with Crippen LogP contribution >= 0.6 is 0 Å². The molecule has 5 heteroatoms. The van der Waals surface area contributed by atoms with Gasteiger partial charge < -0.3 is 9.47 Å². The molecule has 3 rings (SSSR count). The lowest BCUT2D eigenvalue weighted by Gasteiger charge is -2.45. The normalized spacial score (nSPS) is 28.2. The summed E-state index contributed by atoms with van der Waals surface area (Å²) < 4.78 is 10.0. The van der Waals surface area contributed by atoms with Crippen molar-refractivity contribution in [2.24, 2.45) is 11.3 Å². The molecule has 1 N–H and O–H groups in total. The number of allylic oxidation sites excluding steroid dienone is 1. The summed E-state index contributed by atoms with van der Waals surface area (Å²) in [6.07, 6.45) is 8.14. The Hall–Kier alpha value is -1.52. The minimum Gasteiger partial charge on any atom is -0.464 e. The van der Waals surface area contributed by atoms with Gasteiger partial charge in [-0.1, -0.05) is 0 Å². The van der Waals surface area contributed by atoms with Crippen molar-refractivity contribution < 1.29 is 19.1 Å². The van der Waals surface area contributed by atoms with Crippen LogP contribution in [0.25, 0.3) is 0 Å². The number of esters is 1. The Morgan fingerprint density at radius 2 is 1.68 bits per heavy atom. The third kappa shape index (κ3) is 4.24. The molecule has 124 valence electrons. The van der Waals surface area contributed by atoms with Crippen molar-refractivity contribution in [3.8, 4) is 0 Å². The molecule has 0 spiro atoms. The minimum absolute atomic E-state index is 0.0211. The Labute approximate surface area is 132 Å². The predicted octanol–water partition coefficient (Wildman–Crippen LogP) is 3.54. The van der Waals surface area contributed by atoms with Gasteiger partial charge in [-0.25, -0.2) is 9.59 Å². The van der Waals surface area contributed by atoms with E-state index in [1.165, 1.54) is 26.4 Å². The quantitative estimate of drug-likeness (QED) is 0.640. The number of hydrogen-bond acceptors (Lipinski definition) is 4. The summed E-state index contributed by atoms with van der Waals surface area (Å²) >= 11 is 0. The van der Waals surface area contributed by atoms with Gasteiger partial charge in [0.1, 0.15) is 11.3 Å². The average Bonchev–Trinajstić information content (AvgIpc) is 2.45. The lowest BCUT2D eigenvalue weighted by molar-refractivity contribution is -0.136. The smallest absolute Gasteiger partial charge is 0.412 e. The lowest BCUT2D eigenvalue weighted by Crippen LogP contribution is -2.37. The lowest BCUT2D eigenvalue weighted by atomic mass is 9.60. The van der Waals surface area contributed by atoms with Crippen molar-refractivity contribution in [1.29, 1.82) is 0 Å². The molecule has 0 unspecified atom stereocenters. The van der Waals surface area contributed by atoms with Crippen molar-refractivity contribution in [3.63, 3.8) is 0 Å². The van der Waals surface area contributed by atoms with E-state index < -0.39 is 17.7 Å². The zero-order valence-electron chi connectivity index (χ0n) is 14.0. The SMILES string of the molecule is COC(=O)/C(=C/C12CCC(CC1)CC2)NC(=O)OC(C)(C)C. The zero-order chi connectivity index (χ0) is 16.4. The summed E-state index contributed by atoms with van der Waals surface area (Å²) in [6.45, 7) is 5.36. The van der Waals surface area contributed by atoms with Gasteiger partial charge in [0.25, 0.3) is 0 Å². The number of alkyl carbamates (subject to hydrolysis) is 1. The topological polar surface area (TPSA) is 64.6 Å². The fourth-order valence-corrected chi connectivity index (χ4v) is 3.48. The molecule has 22 heavy (non-hydrogen) atoms. The third-order valence-corrected chi connectivity index (χ3v) is 4.64. The van der Waals surface area contributed by atoms with Crippen LogP contribution in [-0.4, -0.2) is 24.8 Å². The Morgan fingerprint density at radius 3 is 2.14 bits per heavy atom. The van der Waals surface area contributed by atoms with E-state index in [0.717, 1.165) is 25.2 Å². The van der Waals surface area contributed by atoms with Gasteiger partial charge in [-0.3, -0.25) is 5.32 Å². The van der Waals surface area contributed by atoms with Gasteiger partial charge in [-0.05, 0) is 76.7 Å². The third-order valence-electron chi connectivity index (χ3n) is 4.64. The summed E-state index contributed by atoms with van der Waals surface area (Å²) in [6, 6.07) is 0. The number of nitrogens with one attached hydrogen (secondary N) is 1. The standard InChI is InChI=1S/C17H27NO4/c1-16(2,3)22-15(20)18-13(14(19)21-4)11-17-8-5-12(6-9-17)7-10-17/h11-12H,5-10H2,1-4H3,(H,18,20)/b13-11-. The second kappa shape index (κ2) is 6.31. The first-order chi connectivity index (χ1) is 10.2. The van der Waals surface area contributed by atoms with Crippen molar-refractivity contribution in [2.45, 2.75) is 64.9 Å². The molecule has 0 heterocycles. The van der Waals surface area contributed by atoms with Crippen LogP contribution in [0, 0.1) is 11.3 Å². The Kier molecular flexibility index (Phi) is 4.83. The van der Waals surface area contributed by atoms with E-state index in [2.05, 4.69) is 5.32 Å². The molecule has 0 aliphatic heterocycles. The largest absolute Gasteiger partial charge is 0.464 e. The van der Waals surface area contributed by atoms with Gasteiger partial charge in [-0.2, -0.15) is 0 Å². The monoisotopic (exact) mass is 309 g/mol. The zero-order valence-corrected chi connectivity index (χ0v) is 14.0. The first-order valence-corrected chi connectivity index (χ1v) is 8.04. The van der Waals surface area contributed by atoms with Crippen molar-refractivity contribution in [2.75, 3.05) is 7.11 Å². The summed E-state index contributed by atoms with van der Waals surface area (Å²) in [5, 5.41) is 2.57. The number of fused-ring (bicyclic) bond motifs is 3. The highest BCUT2D eigenvalue weighted by atomic mass is 16.6. The van der Waals surface area contributed by atoms with Gasteiger partial charge in [-0.15, -0.1) is 0 Å². The number of hydrogen-bond donors (Lipinski definition) is 1. The maximum atomic E-state index is 12.0. The van der Waals surface area contributed by atoms with Crippen LogP contribution in [0.5, 0.6) is 0 Å². The van der Waals surface area contributed by atoms with Crippen LogP contribution in [0.1, 0.15) is 59.3 Å². The van der Waals surface area contributed by atoms with E-state index in [1.807, 2.05) is 6.08 Å². The molecule has 0 radical (unpaired) electrons. The first-order valence-electron chi connectivity index (χ1n) is 8.04. The van der Waals surface area contributed by atoms with Crippen LogP contribution in [0.2, 0.25) is 0 Å². The number of ether oxygens (including phenoxy) is 2. The molecule has 0 aromatic carbocycles. The maximum Gasteiger partial charge on any atom is 0.412 e. The molecular formula is C17H27NO4. The van der Waals surface area contributed by atoms with Crippen LogP contribution < -0.4 is 5.32 Å². The Morgan fingerprint density at radius 1 is 1.14 bits per heavy atom. The summed E-state index contributed by atoms with van der Waals surface area (Å²) in [5.74, 6) is 0.323. The second-order valence-electron chi connectivity index (χ2n) is 7.52. The predicted molar refractivity (Wildman–Crippen MR) is 83.1 cm³/mol. The van der Waals surface area contributed by atoms with E-state index in [9.17, 15) is 9.59 Å². The fourth-order valence-electron chi connectivity index (χ4n) is 3.48. The number of carbonyl (C=O) groups excluding carboxylic acids is 2. The van der Waals surface area contributed by atoms with Crippen molar-refractivity contribution >= 4 is 12.1 Å². The molecule has 3 aliphatic rings. The van der Waals surface area contributed by atoms with Crippen molar-refractivity contribution in [1.82, 2.24) is 5.32 Å². The highest BCUT2D eigenvalue weighted by Crippen LogP contribution is 2.51. The highest BCUT2D eigenvalue weighted by molar-refractivity contribution is 5.92. The average molecular weight is 309 g/mol. The van der Waals surface area contributed by atoms with Gasteiger partial charge in [0.15, 0.2) is 0 Å². The summed E-state index contributed by atoms with van der Waals surface area (Å²) in [5.41, 5.74) is -0.378. The van der Waals surface area contributed by atoms with Gasteiger partial charge >= 0.3 is 12.1 Å². The van der Waals surface area contributed by atoms with E-state index in [-0.39, 0.29) is 11.1 Å². The fraction of sp³-hybridized carbons (Fsp3) is 0.765. The van der Waals surface area contributed by atoms with E-state index in [0.29, 0.717) is 0 Å². The molecule has 2 bridgehead atoms. The molecule has 3 saturated carbocycles.